The number of nitrogens with two attached hydrogens (primary N) is 1. The van der Waals surface area contributed by atoms with E-state index < -0.39 is 24.1 Å². The molecule has 8 heteroatoms. The van der Waals surface area contributed by atoms with Crippen LogP contribution in [0.5, 0.6) is 0 Å². The molecule has 0 rings (SSSR count). The van der Waals surface area contributed by atoms with Crippen LogP contribution in [0.4, 0.5) is 0 Å². The SMILES string of the molecule is CCCCCC(OC(=O)C[N+](C)(C)OC(C)=O)C(O)C/C=C\CCCCCCCC(N)=O. The average molecular weight is 458 g/mol. The molecule has 0 aliphatic rings. The van der Waals surface area contributed by atoms with E-state index in [9.17, 15) is 19.5 Å². The van der Waals surface area contributed by atoms with Gasteiger partial charge in [0.2, 0.25) is 12.5 Å². The summed E-state index contributed by atoms with van der Waals surface area (Å²) in [5.41, 5.74) is 5.12. The number of likely N-dealkylation sites (N-methyl/N-ethyl adjacent to an activating group) is 1. The Balaban J connectivity index is 4.40. The van der Waals surface area contributed by atoms with Crippen molar-refractivity contribution in [2.75, 3.05) is 20.6 Å². The van der Waals surface area contributed by atoms with Crippen LogP contribution in [0.2, 0.25) is 0 Å². The minimum absolute atomic E-state index is 0.119. The molecule has 0 aliphatic carbocycles. The van der Waals surface area contributed by atoms with Gasteiger partial charge in [0.15, 0.2) is 0 Å². The summed E-state index contributed by atoms with van der Waals surface area (Å²) < 4.78 is 5.31. The number of hydroxylamine groups is 3. The number of rotatable bonds is 19. The number of carbonyl (C=O) groups excluding carboxylic acids is 3. The van der Waals surface area contributed by atoms with E-state index in [1.165, 1.54) is 6.92 Å². The van der Waals surface area contributed by atoms with Gasteiger partial charge < -0.3 is 15.6 Å². The third-order valence-corrected chi connectivity index (χ3v) is 5.03. The molecule has 0 saturated carbocycles. The number of quaternary nitrogens is 1. The van der Waals surface area contributed by atoms with E-state index in [-0.39, 0.29) is 17.1 Å². The molecule has 0 aliphatic heterocycles. The van der Waals surface area contributed by atoms with E-state index in [2.05, 4.69) is 13.0 Å². The molecule has 32 heavy (non-hydrogen) atoms. The molecule has 0 aromatic heterocycles. The highest BCUT2D eigenvalue weighted by Gasteiger charge is 2.29. The summed E-state index contributed by atoms with van der Waals surface area (Å²) in [4.78, 5) is 39.3. The van der Waals surface area contributed by atoms with E-state index in [1.54, 1.807) is 14.1 Å². The van der Waals surface area contributed by atoms with Crippen molar-refractivity contribution >= 4 is 17.8 Å². The molecule has 1 amide bonds. The zero-order valence-corrected chi connectivity index (χ0v) is 20.5. The average Bonchev–Trinajstić information content (AvgIpc) is 2.66. The maximum absolute atomic E-state index is 12.4. The van der Waals surface area contributed by atoms with E-state index >= 15 is 0 Å². The molecule has 0 heterocycles. The maximum atomic E-state index is 12.4. The molecule has 2 unspecified atom stereocenters. The number of nitrogens with zero attached hydrogens (tertiary/aromatic N) is 1. The number of aliphatic hydroxyl groups excluding tert-OH is 1. The highest BCUT2D eigenvalue weighted by Crippen LogP contribution is 2.16. The standard InChI is InChI=1S/C24H44N2O6/c1-5-6-13-17-22(31-24(30)19-26(3,4)32-20(2)27)21(28)16-14-11-9-7-8-10-12-15-18-23(25)29/h11,14,21-22,28H,5-10,12-13,15-19H2,1-4H3,(H-,25,29)/p+1/b14-11-. The van der Waals surface area contributed by atoms with Crippen molar-refractivity contribution in [2.24, 2.45) is 5.73 Å². The molecule has 186 valence electrons. The van der Waals surface area contributed by atoms with Gasteiger partial charge in [0.1, 0.15) is 20.2 Å². The van der Waals surface area contributed by atoms with E-state index in [4.69, 9.17) is 15.3 Å². The van der Waals surface area contributed by atoms with Crippen molar-refractivity contribution in [3.8, 4) is 0 Å². The summed E-state index contributed by atoms with van der Waals surface area (Å²) >= 11 is 0. The first-order valence-electron chi connectivity index (χ1n) is 11.9. The number of allylic oxidation sites excluding steroid dienone is 1. The number of esters is 1. The number of carbonyl (C=O) groups is 3. The monoisotopic (exact) mass is 457 g/mol. The van der Waals surface area contributed by atoms with Crippen LogP contribution in [0.1, 0.15) is 90.9 Å². The van der Waals surface area contributed by atoms with Gasteiger partial charge in [-0.25, -0.2) is 9.59 Å². The van der Waals surface area contributed by atoms with Gasteiger partial charge in [0.05, 0.1) is 6.10 Å². The lowest BCUT2D eigenvalue weighted by atomic mass is 10.0. The van der Waals surface area contributed by atoms with Crippen molar-refractivity contribution in [2.45, 2.75) is 103 Å². The second-order valence-electron chi connectivity index (χ2n) is 8.89. The number of amides is 1. The van der Waals surface area contributed by atoms with Crippen LogP contribution in [0.25, 0.3) is 0 Å². The van der Waals surface area contributed by atoms with E-state index in [0.717, 1.165) is 57.8 Å². The van der Waals surface area contributed by atoms with Crippen LogP contribution in [0.15, 0.2) is 12.2 Å². The van der Waals surface area contributed by atoms with Crippen LogP contribution in [0, 0.1) is 0 Å². The van der Waals surface area contributed by atoms with Crippen LogP contribution in [-0.2, 0) is 24.0 Å². The normalized spacial score (nSPS) is 13.7. The highest BCUT2D eigenvalue weighted by molar-refractivity contribution is 5.73. The smallest absolute Gasteiger partial charge is 0.366 e. The first-order chi connectivity index (χ1) is 15.1. The molecule has 0 fully saturated rings. The minimum Gasteiger partial charge on any atom is -0.455 e. The molecule has 0 radical (unpaired) electrons. The number of unbranched alkanes of at least 4 members (excludes halogenated alkanes) is 7. The summed E-state index contributed by atoms with van der Waals surface area (Å²) in [6, 6.07) is 0. The second kappa shape index (κ2) is 17.6. The van der Waals surface area contributed by atoms with Gasteiger partial charge in [-0.15, -0.1) is 4.65 Å². The van der Waals surface area contributed by atoms with Crippen molar-refractivity contribution in [3.63, 3.8) is 0 Å². The molecular weight excluding hydrogens is 412 g/mol. The van der Waals surface area contributed by atoms with Crippen LogP contribution >= 0.6 is 0 Å². The van der Waals surface area contributed by atoms with Gasteiger partial charge in [0, 0.05) is 13.3 Å². The van der Waals surface area contributed by atoms with Gasteiger partial charge in [0.25, 0.3) is 0 Å². The van der Waals surface area contributed by atoms with Crippen LogP contribution in [-0.4, -0.2) is 60.4 Å². The first-order valence-corrected chi connectivity index (χ1v) is 11.9. The predicted octanol–water partition coefficient (Wildman–Crippen LogP) is 3.56. The summed E-state index contributed by atoms with van der Waals surface area (Å²) in [5.74, 6) is -1.22. The Hall–Kier alpha value is -1.93. The highest BCUT2D eigenvalue weighted by atomic mass is 16.7. The van der Waals surface area contributed by atoms with Gasteiger partial charge in [-0.05, 0) is 38.5 Å². The lowest BCUT2D eigenvalue weighted by Gasteiger charge is -2.27. The lowest BCUT2D eigenvalue weighted by Crippen LogP contribution is -2.46. The number of ether oxygens (including phenoxy) is 1. The lowest BCUT2D eigenvalue weighted by molar-refractivity contribution is -1.05. The Morgan fingerprint density at radius 2 is 1.66 bits per heavy atom. The second-order valence-corrected chi connectivity index (χ2v) is 8.89. The Bertz CT molecular complexity index is 577. The van der Waals surface area contributed by atoms with Crippen molar-refractivity contribution < 1.29 is 33.7 Å². The molecule has 0 bridgehead atoms. The van der Waals surface area contributed by atoms with E-state index in [0.29, 0.717) is 19.3 Å². The zero-order chi connectivity index (χ0) is 24.4. The topological polar surface area (TPSA) is 116 Å². The fourth-order valence-electron chi connectivity index (χ4n) is 3.42. The van der Waals surface area contributed by atoms with Crippen molar-refractivity contribution in [1.29, 1.82) is 0 Å². The molecule has 3 N–H and O–H groups in total. The summed E-state index contributed by atoms with van der Waals surface area (Å²) in [7, 11) is 3.21. The molecule has 8 nitrogen and oxygen atoms in total. The Kier molecular flexibility index (Phi) is 16.5. The largest absolute Gasteiger partial charge is 0.455 e. The molecule has 2 atom stereocenters. The fourth-order valence-corrected chi connectivity index (χ4v) is 3.42. The molecule has 0 saturated heterocycles. The molecule has 0 aromatic rings. The van der Waals surface area contributed by atoms with Gasteiger partial charge in [-0.3, -0.25) is 9.63 Å². The minimum atomic E-state index is -0.773. The Morgan fingerprint density at radius 3 is 2.28 bits per heavy atom. The summed E-state index contributed by atoms with van der Waals surface area (Å²) in [5, 5.41) is 10.6. The van der Waals surface area contributed by atoms with E-state index in [1.807, 2.05) is 6.08 Å². The van der Waals surface area contributed by atoms with Crippen molar-refractivity contribution in [1.82, 2.24) is 0 Å². The third kappa shape index (κ3) is 17.7. The predicted molar refractivity (Wildman–Crippen MR) is 124 cm³/mol. The molecular formula is C24H45N2O6+. The van der Waals surface area contributed by atoms with Gasteiger partial charge in [-0.2, -0.15) is 0 Å². The molecule has 0 aromatic carbocycles. The Labute approximate surface area is 193 Å². The Morgan fingerprint density at radius 1 is 1.00 bits per heavy atom. The summed E-state index contributed by atoms with van der Waals surface area (Å²) in [6.45, 7) is 3.27. The number of aliphatic hydroxyl groups is 1. The van der Waals surface area contributed by atoms with Gasteiger partial charge >= 0.3 is 11.9 Å². The number of hydrogen-bond acceptors (Lipinski definition) is 6. The van der Waals surface area contributed by atoms with Crippen LogP contribution in [0.3, 0.4) is 0 Å². The third-order valence-electron chi connectivity index (χ3n) is 5.03. The number of primary amides is 1. The van der Waals surface area contributed by atoms with Crippen molar-refractivity contribution in [3.05, 3.63) is 12.2 Å². The first kappa shape index (κ1) is 30.1. The zero-order valence-electron chi connectivity index (χ0n) is 20.5. The maximum Gasteiger partial charge on any atom is 0.366 e. The summed E-state index contributed by atoms with van der Waals surface area (Å²) in [6.07, 6.45) is 13.1. The number of hydrogen-bond donors (Lipinski definition) is 2. The van der Waals surface area contributed by atoms with Crippen LogP contribution < -0.4 is 5.73 Å². The molecule has 0 spiro atoms. The van der Waals surface area contributed by atoms with Gasteiger partial charge in [-0.1, -0.05) is 51.2 Å². The fraction of sp³-hybridized carbons (Fsp3) is 0.792. The quantitative estimate of drug-likeness (QED) is 0.101.